The van der Waals surface area contributed by atoms with Crippen LogP contribution in [-0.4, -0.2) is 9.97 Å². The highest BCUT2D eigenvalue weighted by molar-refractivity contribution is 6.30. The van der Waals surface area contributed by atoms with E-state index in [1.807, 2.05) is 24.3 Å². The van der Waals surface area contributed by atoms with Gasteiger partial charge in [-0.3, -0.25) is 4.98 Å². The summed E-state index contributed by atoms with van der Waals surface area (Å²) in [5, 5.41) is 5.63. The zero-order valence-electron chi connectivity index (χ0n) is 14.1. The van der Waals surface area contributed by atoms with Crippen molar-refractivity contribution in [3.63, 3.8) is 0 Å². The van der Waals surface area contributed by atoms with Crippen molar-refractivity contribution >= 4 is 28.1 Å². The molecule has 3 nitrogen and oxygen atoms in total. The number of fused-ring (bicyclic) bond motifs is 1. The van der Waals surface area contributed by atoms with Gasteiger partial charge in [-0.25, -0.2) is 13.8 Å². The maximum atomic E-state index is 14.3. The number of hydrogen-bond acceptors (Lipinski definition) is 3. The smallest absolute Gasteiger partial charge is 0.134 e. The van der Waals surface area contributed by atoms with Gasteiger partial charge in [-0.15, -0.1) is 0 Å². The molecule has 0 atom stereocenters. The molecule has 4 aromatic rings. The molecular weight excluding hydrogens is 368 g/mol. The molecule has 0 saturated heterocycles. The van der Waals surface area contributed by atoms with Crippen molar-refractivity contribution in [3.05, 3.63) is 89.5 Å². The van der Waals surface area contributed by atoms with Crippen LogP contribution in [0.4, 0.5) is 14.5 Å². The predicted molar refractivity (Wildman–Crippen MR) is 104 cm³/mol. The summed E-state index contributed by atoms with van der Waals surface area (Å²) in [5.74, 6) is -1.27. The summed E-state index contributed by atoms with van der Waals surface area (Å²) in [6.45, 7) is 0.334. The Bertz CT molecular complexity index is 1130. The van der Waals surface area contributed by atoms with Gasteiger partial charge in [0.25, 0.3) is 0 Å². The minimum atomic E-state index is -0.644. The number of halogens is 3. The Hall–Kier alpha value is -3.05. The molecule has 0 aliphatic rings. The Labute approximate surface area is 159 Å². The molecule has 0 unspecified atom stereocenters. The highest BCUT2D eigenvalue weighted by atomic mass is 35.5. The van der Waals surface area contributed by atoms with Crippen LogP contribution in [0.2, 0.25) is 5.15 Å². The Balaban J connectivity index is 1.72. The number of anilines is 1. The number of nitrogens with one attached hydrogen (secondary N) is 1. The molecule has 0 aliphatic heterocycles. The van der Waals surface area contributed by atoms with Gasteiger partial charge in [-0.1, -0.05) is 23.7 Å². The minimum Gasteiger partial charge on any atom is -0.380 e. The fourth-order valence-corrected chi connectivity index (χ4v) is 3.28. The molecule has 0 aliphatic carbocycles. The van der Waals surface area contributed by atoms with Crippen molar-refractivity contribution in [1.82, 2.24) is 9.97 Å². The lowest BCUT2D eigenvalue weighted by Gasteiger charge is -2.14. The van der Waals surface area contributed by atoms with E-state index in [0.29, 0.717) is 17.7 Å². The molecule has 134 valence electrons. The molecule has 2 aromatic heterocycles. The third kappa shape index (κ3) is 3.46. The lowest BCUT2D eigenvalue weighted by molar-refractivity contribution is 0.585. The third-order valence-corrected chi connectivity index (χ3v) is 4.69. The summed E-state index contributed by atoms with van der Waals surface area (Å²) in [6, 6.07) is 12.9. The van der Waals surface area contributed by atoms with E-state index in [4.69, 9.17) is 11.6 Å². The topological polar surface area (TPSA) is 37.8 Å². The van der Waals surface area contributed by atoms with E-state index in [9.17, 15) is 8.78 Å². The Morgan fingerprint density at radius 3 is 2.70 bits per heavy atom. The lowest BCUT2D eigenvalue weighted by atomic mass is 10.0. The van der Waals surface area contributed by atoms with Gasteiger partial charge < -0.3 is 5.32 Å². The SMILES string of the molecule is Fc1ccc(-c2ccnc(Cl)c2CNc2cccc3cnccc23)c(F)c1. The zero-order chi connectivity index (χ0) is 18.8. The van der Waals surface area contributed by atoms with Gasteiger partial charge in [0.2, 0.25) is 0 Å². The van der Waals surface area contributed by atoms with Crippen molar-refractivity contribution in [1.29, 1.82) is 0 Å². The first kappa shape index (κ1) is 17.4. The van der Waals surface area contributed by atoms with Crippen LogP contribution < -0.4 is 5.32 Å². The van der Waals surface area contributed by atoms with Crippen LogP contribution in [0.1, 0.15) is 5.56 Å². The third-order valence-electron chi connectivity index (χ3n) is 4.36. The number of benzene rings is 2. The zero-order valence-corrected chi connectivity index (χ0v) is 14.8. The number of rotatable bonds is 4. The van der Waals surface area contributed by atoms with Gasteiger partial charge >= 0.3 is 0 Å². The number of aromatic nitrogens is 2. The first-order chi connectivity index (χ1) is 13.1. The first-order valence-electron chi connectivity index (χ1n) is 8.29. The van der Waals surface area contributed by atoms with Crippen molar-refractivity contribution in [2.24, 2.45) is 0 Å². The molecule has 6 heteroatoms. The second-order valence-corrected chi connectivity index (χ2v) is 6.37. The molecule has 0 bridgehead atoms. The average Bonchev–Trinajstić information content (AvgIpc) is 2.67. The second-order valence-electron chi connectivity index (χ2n) is 6.01. The van der Waals surface area contributed by atoms with E-state index < -0.39 is 11.6 Å². The van der Waals surface area contributed by atoms with Gasteiger partial charge in [0.05, 0.1) is 0 Å². The fraction of sp³-hybridized carbons (Fsp3) is 0.0476. The van der Waals surface area contributed by atoms with E-state index >= 15 is 0 Å². The van der Waals surface area contributed by atoms with Crippen LogP contribution in [0.3, 0.4) is 0 Å². The summed E-state index contributed by atoms with van der Waals surface area (Å²) >= 11 is 6.29. The summed E-state index contributed by atoms with van der Waals surface area (Å²) in [4.78, 5) is 8.23. The molecule has 1 N–H and O–H groups in total. The Kier molecular flexibility index (Phi) is 4.69. The molecule has 2 heterocycles. The first-order valence-corrected chi connectivity index (χ1v) is 8.66. The quantitative estimate of drug-likeness (QED) is 0.451. The van der Waals surface area contributed by atoms with Gasteiger partial charge in [0.15, 0.2) is 0 Å². The number of hydrogen-bond donors (Lipinski definition) is 1. The van der Waals surface area contributed by atoms with Gasteiger partial charge in [-0.05, 0) is 35.9 Å². The highest BCUT2D eigenvalue weighted by Gasteiger charge is 2.14. The van der Waals surface area contributed by atoms with Gasteiger partial charge in [0, 0.05) is 58.8 Å². The molecule has 27 heavy (non-hydrogen) atoms. The highest BCUT2D eigenvalue weighted by Crippen LogP contribution is 2.31. The Morgan fingerprint density at radius 1 is 0.963 bits per heavy atom. The maximum absolute atomic E-state index is 14.3. The van der Waals surface area contributed by atoms with Crippen LogP contribution in [-0.2, 0) is 6.54 Å². The molecule has 0 saturated carbocycles. The van der Waals surface area contributed by atoms with Crippen molar-refractivity contribution in [3.8, 4) is 11.1 Å². The predicted octanol–water partition coefficient (Wildman–Crippen LogP) is 5.84. The average molecular weight is 382 g/mol. The monoisotopic (exact) mass is 381 g/mol. The summed E-state index contributed by atoms with van der Waals surface area (Å²) in [7, 11) is 0. The van der Waals surface area contributed by atoms with E-state index in [-0.39, 0.29) is 10.7 Å². The lowest BCUT2D eigenvalue weighted by Crippen LogP contribution is -2.04. The summed E-state index contributed by atoms with van der Waals surface area (Å²) in [5.41, 5.74) is 2.39. The van der Waals surface area contributed by atoms with E-state index in [1.54, 1.807) is 18.5 Å². The van der Waals surface area contributed by atoms with Crippen molar-refractivity contribution in [2.45, 2.75) is 6.54 Å². The molecule has 0 fully saturated rings. The second kappa shape index (κ2) is 7.29. The van der Waals surface area contributed by atoms with E-state index in [0.717, 1.165) is 22.5 Å². The fourth-order valence-electron chi connectivity index (χ4n) is 3.06. The maximum Gasteiger partial charge on any atom is 0.134 e. The molecule has 4 rings (SSSR count). The van der Waals surface area contributed by atoms with Crippen LogP contribution in [0.15, 0.2) is 67.1 Å². The van der Waals surface area contributed by atoms with Gasteiger partial charge in [0.1, 0.15) is 16.8 Å². The van der Waals surface area contributed by atoms with Crippen LogP contribution in [0.25, 0.3) is 21.9 Å². The van der Waals surface area contributed by atoms with Crippen molar-refractivity contribution < 1.29 is 8.78 Å². The standard InChI is InChI=1S/C21H14ClF2N3/c22-21-18(12-27-20-3-1-2-13-11-25-8-6-15(13)20)16(7-9-26-21)17-5-4-14(23)10-19(17)24/h1-11,27H,12H2. The number of nitrogens with zero attached hydrogens (tertiary/aromatic N) is 2. The molecule has 0 spiro atoms. The Morgan fingerprint density at radius 2 is 1.85 bits per heavy atom. The summed E-state index contributed by atoms with van der Waals surface area (Å²) < 4.78 is 27.6. The molecule has 0 radical (unpaired) electrons. The van der Waals surface area contributed by atoms with Crippen LogP contribution in [0, 0.1) is 11.6 Å². The van der Waals surface area contributed by atoms with Crippen LogP contribution >= 0.6 is 11.6 Å². The molecular formula is C21H14ClF2N3. The normalized spacial score (nSPS) is 10.9. The largest absolute Gasteiger partial charge is 0.380 e. The minimum absolute atomic E-state index is 0.269. The van der Waals surface area contributed by atoms with E-state index in [1.165, 1.54) is 18.3 Å². The van der Waals surface area contributed by atoms with Crippen molar-refractivity contribution in [2.75, 3.05) is 5.32 Å². The van der Waals surface area contributed by atoms with E-state index in [2.05, 4.69) is 15.3 Å². The van der Waals surface area contributed by atoms with Gasteiger partial charge in [-0.2, -0.15) is 0 Å². The molecule has 2 aromatic carbocycles. The molecule has 0 amide bonds. The number of pyridine rings is 2. The summed E-state index contributed by atoms with van der Waals surface area (Å²) in [6.07, 6.45) is 5.02. The van der Waals surface area contributed by atoms with Crippen LogP contribution in [0.5, 0.6) is 0 Å².